The van der Waals surface area contributed by atoms with Gasteiger partial charge in [-0.05, 0) is 74.8 Å². The molecular formula is C19H29NS. The second kappa shape index (κ2) is 7.19. The van der Waals surface area contributed by atoms with Gasteiger partial charge in [0.05, 0.1) is 0 Å². The van der Waals surface area contributed by atoms with Crippen molar-refractivity contribution in [2.75, 3.05) is 7.05 Å². The molecule has 0 aromatic heterocycles. The van der Waals surface area contributed by atoms with Crippen LogP contribution in [0.3, 0.4) is 0 Å². The highest BCUT2D eigenvalue weighted by atomic mass is 32.2. The number of aryl methyl sites for hydroxylation is 2. The lowest BCUT2D eigenvalue weighted by atomic mass is 9.83. The van der Waals surface area contributed by atoms with Crippen LogP contribution >= 0.6 is 11.8 Å². The van der Waals surface area contributed by atoms with E-state index in [-0.39, 0.29) is 0 Å². The van der Waals surface area contributed by atoms with E-state index in [1.165, 1.54) is 56.3 Å². The number of rotatable bonds is 5. The number of fused-ring (bicyclic) bond motifs is 1. The van der Waals surface area contributed by atoms with Crippen LogP contribution in [0.15, 0.2) is 23.1 Å². The maximum atomic E-state index is 3.57. The Balaban J connectivity index is 1.68. The van der Waals surface area contributed by atoms with Crippen LogP contribution < -0.4 is 5.32 Å². The molecule has 116 valence electrons. The third-order valence-corrected chi connectivity index (χ3v) is 6.68. The van der Waals surface area contributed by atoms with E-state index in [4.69, 9.17) is 0 Å². The topological polar surface area (TPSA) is 12.0 Å². The van der Waals surface area contributed by atoms with Crippen LogP contribution in [0.5, 0.6) is 0 Å². The number of benzene rings is 1. The van der Waals surface area contributed by atoms with Gasteiger partial charge in [-0.2, -0.15) is 0 Å². The molecule has 0 bridgehead atoms. The van der Waals surface area contributed by atoms with Crippen molar-refractivity contribution in [2.24, 2.45) is 5.92 Å². The van der Waals surface area contributed by atoms with Crippen molar-refractivity contribution in [1.29, 1.82) is 0 Å². The van der Waals surface area contributed by atoms with Gasteiger partial charge in [-0.1, -0.05) is 25.8 Å². The summed E-state index contributed by atoms with van der Waals surface area (Å²) in [6.45, 7) is 2.33. The van der Waals surface area contributed by atoms with E-state index >= 15 is 0 Å². The predicted molar refractivity (Wildman–Crippen MR) is 93.2 cm³/mol. The van der Waals surface area contributed by atoms with E-state index in [1.54, 1.807) is 11.1 Å². The first kappa shape index (κ1) is 15.4. The van der Waals surface area contributed by atoms with Gasteiger partial charge in [0.15, 0.2) is 0 Å². The molecule has 3 rings (SSSR count). The van der Waals surface area contributed by atoms with Crippen molar-refractivity contribution >= 4 is 11.8 Å². The molecule has 1 saturated carbocycles. The molecule has 1 aromatic rings. The molecule has 0 heterocycles. The zero-order valence-electron chi connectivity index (χ0n) is 13.5. The Labute approximate surface area is 134 Å². The van der Waals surface area contributed by atoms with Crippen molar-refractivity contribution in [2.45, 2.75) is 74.5 Å². The van der Waals surface area contributed by atoms with E-state index in [1.807, 2.05) is 0 Å². The summed E-state index contributed by atoms with van der Waals surface area (Å²) in [6, 6.07) is 7.91. The molecule has 3 atom stereocenters. The van der Waals surface area contributed by atoms with Crippen molar-refractivity contribution in [3.63, 3.8) is 0 Å². The predicted octanol–water partition coefficient (Wildman–Crippen LogP) is 4.82. The molecule has 0 aliphatic heterocycles. The smallest absolute Gasteiger partial charge is 0.0250 e. The molecule has 1 N–H and O–H groups in total. The summed E-state index contributed by atoms with van der Waals surface area (Å²) in [6.07, 6.45) is 10.8. The van der Waals surface area contributed by atoms with Gasteiger partial charge in [0.25, 0.3) is 0 Å². The third-order valence-electron chi connectivity index (χ3n) is 5.33. The van der Waals surface area contributed by atoms with Gasteiger partial charge < -0.3 is 5.32 Å². The minimum atomic E-state index is 0.691. The summed E-state index contributed by atoms with van der Waals surface area (Å²) < 4.78 is 0. The van der Waals surface area contributed by atoms with Crippen molar-refractivity contribution in [3.8, 4) is 0 Å². The second-order valence-electron chi connectivity index (χ2n) is 6.80. The van der Waals surface area contributed by atoms with Gasteiger partial charge >= 0.3 is 0 Å². The standard InChI is InChI=1S/C19H29NS/c1-3-5-14-8-11-18(20-2)19(12-14)21-17-10-9-15-6-4-7-16(15)13-17/h9-10,13-14,18-20H,3-8,11-12H2,1-2H3. The monoisotopic (exact) mass is 303 g/mol. The highest BCUT2D eigenvalue weighted by Gasteiger charge is 2.30. The molecule has 0 spiro atoms. The number of hydrogen-bond donors (Lipinski definition) is 1. The summed E-state index contributed by atoms with van der Waals surface area (Å²) in [4.78, 5) is 1.50. The van der Waals surface area contributed by atoms with Crippen LogP contribution in [0, 0.1) is 5.92 Å². The minimum absolute atomic E-state index is 0.691. The van der Waals surface area contributed by atoms with Crippen molar-refractivity contribution < 1.29 is 0 Å². The van der Waals surface area contributed by atoms with E-state index in [2.05, 4.69) is 49.2 Å². The molecule has 3 unspecified atom stereocenters. The lowest BCUT2D eigenvalue weighted by Gasteiger charge is -2.35. The highest BCUT2D eigenvalue weighted by Crippen LogP contribution is 2.39. The normalized spacial score (nSPS) is 28.6. The van der Waals surface area contributed by atoms with Crippen molar-refractivity contribution in [1.82, 2.24) is 5.32 Å². The van der Waals surface area contributed by atoms with Crippen LogP contribution in [0.2, 0.25) is 0 Å². The molecule has 0 saturated heterocycles. The molecule has 2 heteroatoms. The Hall–Kier alpha value is -0.470. The second-order valence-corrected chi connectivity index (χ2v) is 8.12. The fourth-order valence-electron chi connectivity index (χ4n) is 4.14. The molecule has 21 heavy (non-hydrogen) atoms. The average Bonchev–Trinajstić information content (AvgIpc) is 2.95. The van der Waals surface area contributed by atoms with E-state index in [0.717, 1.165) is 11.2 Å². The molecule has 1 aromatic carbocycles. The van der Waals surface area contributed by atoms with Gasteiger partial charge in [-0.25, -0.2) is 0 Å². The van der Waals surface area contributed by atoms with E-state index in [9.17, 15) is 0 Å². The van der Waals surface area contributed by atoms with E-state index in [0.29, 0.717) is 6.04 Å². The van der Waals surface area contributed by atoms with Crippen molar-refractivity contribution in [3.05, 3.63) is 29.3 Å². The SMILES string of the molecule is CCCC1CCC(NC)C(Sc2ccc3c(c2)CCC3)C1. The maximum Gasteiger partial charge on any atom is 0.0250 e. The minimum Gasteiger partial charge on any atom is -0.316 e. The third kappa shape index (κ3) is 3.65. The quantitative estimate of drug-likeness (QED) is 0.836. The van der Waals surface area contributed by atoms with Gasteiger partial charge in [-0.3, -0.25) is 0 Å². The van der Waals surface area contributed by atoms with Gasteiger partial charge in [0, 0.05) is 16.2 Å². The Morgan fingerprint density at radius 2 is 2.05 bits per heavy atom. The summed E-state index contributed by atoms with van der Waals surface area (Å²) >= 11 is 2.13. The summed E-state index contributed by atoms with van der Waals surface area (Å²) in [5.74, 6) is 0.950. The molecule has 2 aliphatic carbocycles. The van der Waals surface area contributed by atoms with Gasteiger partial charge in [-0.15, -0.1) is 11.8 Å². The van der Waals surface area contributed by atoms with Gasteiger partial charge in [0.2, 0.25) is 0 Å². The molecular weight excluding hydrogens is 274 g/mol. The lowest BCUT2D eigenvalue weighted by molar-refractivity contribution is 0.295. The Kier molecular flexibility index (Phi) is 5.29. The Morgan fingerprint density at radius 1 is 1.19 bits per heavy atom. The van der Waals surface area contributed by atoms with Crippen LogP contribution in [-0.4, -0.2) is 18.3 Å². The zero-order valence-corrected chi connectivity index (χ0v) is 14.3. The first-order valence-electron chi connectivity index (χ1n) is 8.76. The summed E-state index contributed by atoms with van der Waals surface area (Å²) in [7, 11) is 2.14. The first-order chi connectivity index (χ1) is 10.3. The number of nitrogens with one attached hydrogen (secondary N) is 1. The van der Waals surface area contributed by atoms with Crippen LogP contribution in [0.25, 0.3) is 0 Å². The highest BCUT2D eigenvalue weighted by molar-refractivity contribution is 8.00. The molecule has 0 radical (unpaired) electrons. The fraction of sp³-hybridized carbons (Fsp3) is 0.684. The van der Waals surface area contributed by atoms with Crippen LogP contribution in [-0.2, 0) is 12.8 Å². The Morgan fingerprint density at radius 3 is 2.86 bits per heavy atom. The van der Waals surface area contributed by atoms with Gasteiger partial charge in [0.1, 0.15) is 0 Å². The number of hydrogen-bond acceptors (Lipinski definition) is 2. The molecule has 1 nitrogen and oxygen atoms in total. The van der Waals surface area contributed by atoms with E-state index < -0.39 is 0 Å². The summed E-state index contributed by atoms with van der Waals surface area (Å²) in [5.41, 5.74) is 3.21. The molecule has 2 aliphatic rings. The van der Waals surface area contributed by atoms with Crippen LogP contribution in [0.1, 0.15) is 56.6 Å². The average molecular weight is 304 g/mol. The largest absolute Gasteiger partial charge is 0.316 e. The Bertz CT molecular complexity index is 471. The first-order valence-corrected chi connectivity index (χ1v) is 9.63. The number of thioether (sulfide) groups is 1. The lowest BCUT2D eigenvalue weighted by Crippen LogP contribution is -2.40. The molecule has 1 fully saturated rings. The zero-order chi connectivity index (χ0) is 14.7. The van der Waals surface area contributed by atoms with Crippen LogP contribution in [0.4, 0.5) is 0 Å². The maximum absolute atomic E-state index is 3.57. The molecule has 0 amide bonds. The summed E-state index contributed by atoms with van der Waals surface area (Å²) in [5, 5.41) is 4.32. The fourth-order valence-corrected chi connectivity index (χ4v) is 5.65.